The first-order valence-electron chi connectivity index (χ1n) is 5.25. The van der Waals surface area contributed by atoms with Crippen LogP contribution in [0.15, 0.2) is 41.8 Å². The molecule has 1 rings (SSSR count). The van der Waals surface area contributed by atoms with Gasteiger partial charge in [0.1, 0.15) is 0 Å². The van der Waals surface area contributed by atoms with Crippen LogP contribution in [-0.2, 0) is 4.79 Å². The highest BCUT2D eigenvalue weighted by Crippen LogP contribution is 2.23. The summed E-state index contributed by atoms with van der Waals surface area (Å²) >= 11 is 1.57. The van der Waals surface area contributed by atoms with Crippen LogP contribution in [0.4, 0.5) is 0 Å². The normalized spacial score (nSPS) is 11.9. The van der Waals surface area contributed by atoms with Crippen molar-refractivity contribution in [2.75, 3.05) is 6.54 Å². The first-order valence-corrected chi connectivity index (χ1v) is 6.13. The second kappa shape index (κ2) is 6.38. The number of carbonyl (C=O) groups is 1. The average molecular weight is 235 g/mol. The Bertz CT molecular complexity index is 376. The summed E-state index contributed by atoms with van der Waals surface area (Å²) in [5, 5.41) is 2.71. The Morgan fingerprint density at radius 1 is 1.62 bits per heavy atom. The highest BCUT2D eigenvalue weighted by atomic mass is 32.2. The van der Waals surface area contributed by atoms with Crippen LogP contribution in [0.5, 0.6) is 0 Å². The number of hydrogen-bond donors (Lipinski definition) is 1. The van der Waals surface area contributed by atoms with E-state index in [-0.39, 0.29) is 11.2 Å². The van der Waals surface area contributed by atoms with Crippen LogP contribution >= 0.6 is 11.8 Å². The lowest BCUT2D eigenvalue weighted by Gasteiger charge is -2.11. The molecular weight excluding hydrogens is 218 g/mol. The SMILES string of the molecule is C=CCNC(=O)C(C)Sc1cccc(C)c1. The molecule has 1 aromatic carbocycles. The fourth-order valence-electron chi connectivity index (χ4n) is 1.26. The molecule has 0 heterocycles. The summed E-state index contributed by atoms with van der Waals surface area (Å²) < 4.78 is 0. The average Bonchev–Trinajstić information content (AvgIpc) is 2.25. The monoisotopic (exact) mass is 235 g/mol. The number of benzene rings is 1. The number of carbonyl (C=O) groups excluding carboxylic acids is 1. The van der Waals surface area contributed by atoms with E-state index in [2.05, 4.69) is 18.0 Å². The largest absolute Gasteiger partial charge is 0.352 e. The summed E-state index contributed by atoms with van der Waals surface area (Å²) in [5.74, 6) is 0.0476. The molecule has 1 N–H and O–H groups in total. The van der Waals surface area contributed by atoms with Crippen molar-refractivity contribution >= 4 is 17.7 Å². The lowest BCUT2D eigenvalue weighted by molar-refractivity contribution is -0.120. The van der Waals surface area contributed by atoms with Crippen LogP contribution in [0.25, 0.3) is 0 Å². The molecule has 16 heavy (non-hydrogen) atoms. The van der Waals surface area contributed by atoms with Crippen molar-refractivity contribution in [2.24, 2.45) is 0 Å². The third-order valence-electron chi connectivity index (χ3n) is 2.09. The number of aryl methyl sites for hydroxylation is 1. The van der Waals surface area contributed by atoms with E-state index in [1.54, 1.807) is 17.8 Å². The van der Waals surface area contributed by atoms with Crippen molar-refractivity contribution in [1.82, 2.24) is 5.32 Å². The molecule has 1 unspecified atom stereocenters. The van der Waals surface area contributed by atoms with Crippen molar-refractivity contribution in [3.8, 4) is 0 Å². The third-order valence-corrected chi connectivity index (χ3v) is 3.19. The van der Waals surface area contributed by atoms with Gasteiger partial charge in [-0.2, -0.15) is 0 Å². The lowest BCUT2D eigenvalue weighted by atomic mass is 10.2. The molecule has 0 saturated heterocycles. The zero-order valence-corrected chi connectivity index (χ0v) is 10.5. The smallest absolute Gasteiger partial charge is 0.233 e. The van der Waals surface area contributed by atoms with Gasteiger partial charge in [-0.1, -0.05) is 23.8 Å². The van der Waals surface area contributed by atoms with Gasteiger partial charge in [0.2, 0.25) is 5.91 Å². The minimum absolute atomic E-state index is 0.0476. The zero-order valence-electron chi connectivity index (χ0n) is 9.69. The molecular formula is C13H17NOS. The van der Waals surface area contributed by atoms with Gasteiger partial charge in [-0.3, -0.25) is 4.79 Å². The second-order valence-electron chi connectivity index (χ2n) is 3.61. The molecule has 1 aromatic rings. The highest BCUT2D eigenvalue weighted by molar-refractivity contribution is 8.00. The summed E-state index contributed by atoms with van der Waals surface area (Å²) in [7, 11) is 0. The molecule has 0 aromatic heterocycles. The predicted octanol–water partition coefficient (Wildman–Crippen LogP) is 2.78. The molecule has 0 aliphatic carbocycles. The topological polar surface area (TPSA) is 29.1 Å². The number of rotatable bonds is 5. The third kappa shape index (κ3) is 4.11. The number of thioether (sulfide) groups is 1. The maximum Gasteiger partial charge on any atom is 0.233 e. The van der Waals surface area contributed by atoms with Crippen molar-refractivity contribution in [1.29, 1.82) is 0 Å². The maximum atomic E-state index is 11.6. The van der Waals surface area contributed by atoms with Crippen LogP contribution in [0.3, 0.4) is 0 Å². The molecule has 0 bridgehead atoms. The number of hydrogen-bond acceptors (Lipinski definition) is 2. The van der Waals surface area contributed by atoms with Gasteiger partial charge in [-0.05, 0) is 26.0 Å². The molecule has 0 fully saturated rings. The molecule has 1 atom stereocenters. The van der Waals surface area contributed by atoms with Crippen LogP contribution in [0.1, 0.15) is 12.5 Å². The van der Waals surface area contributed by atoms with Crippen molar-refractivity contribution in [2.45, 2.75) is 24.0 Å². The molecule has 0 spiro atoms. The molecule has 0 aliphatic rings. The van der Waals surface area contributed by atoms with Crippen LogP contribution in [0, 0.1) is 6.92 Å². The second-order valence-corrected chi connectivity index (χ2v) is 5.02. The summed E-state index contributed by atoms with van der Waals surface area (Å²) in [6, 6.07) is 8.16. The summed E-state index contributed by atoms with van der Waals surface area (Å²) in [6.07, 6.45) is 1.68. The van der Waals surface area contributed by atoms with E-state index in [1.165, 1.54) is 5.56 Å². The van der Waals surface area contributed by atoms with Gasteiger partial charge < -0.3 is 5.32 Å². The number of amides is 1. The van der Waals surface area contributed by atoms with Crippen molar-refractivity contribution in [3.05, 3.63) is 42.5 Å². The predicted molar refractivity (Wildman–Crippen MR) is 69.7 cm³/mol. The zero-order chi connectivity index (χ0) is 12.0. The highest BCUT2D eigenvalue weighted by Gasteiger charge is 2.12. The molecule has 1 amide bonds. The van der Waals surface area contributed by atoms with Crippen molar-refractivity contribution < 1.29 is 4.79 Å². The van der Waals surface area contributed by atoms with E-state index in [1.807, 2.05) is 32.0 Å². The molecule has 2 nitrogen and oxygen atoms in total. The summed E-state index contributed by atoms with van der Waals surface area (Å²) in [5.41, 5.74) is 1.21. The Kier molecular flexibility index (Phi) is 5.12. The number of nitrogens with one attached hydrogen (secondary N) is 1. The molecule has 3 heteroatoms. The van der Waals surface area contributed by atoms with Crippen LogP contribution in [0.2, 0.25) is 0 Å². The van der Waals surface area contributed by atoms with Gasteiger partial charge in [0.05, 0.1) is 5.25 Å². The van der Waals surface area contributed by atoms with E-state index < -0.39 is 0 Å². The van der Waals surface area contributed by atoms with Crippen LogP contribution in [-0.4, -0.2) is 17.7 Å². The van der Waals surface area contributed by atoms with Crippen LogP contribution < -0.4 is 5.32 Å². The Labute approximate surface area is 101 Å². The molecule has 86 valence electrons. The van der Waals surface area contributed by atoms with E-state index in [0.29, 0.717) is 6.54 Å². The minimum atomic E-state index is -0.0817. The van der Waals surface area contributed by atoms with Gasteiger partial charge in [0.15, 0.2) is 0 Å². The van der Waals surface area contributed by atoms with Crippen molar-refractivity contribution in [3.63, 3.8) is 0 Å². The van der Waals surface area contributed by atoms with Gasteiger partial charge in [0.25, 0.3) is 0 Å². The molecule has 0 aliphatic heterocycles. The Morgan fingerprint density at radius 3 is 3.00 bits per heavy atom. The first kappa shape index (κ1) is 12.8. The minimum Gasteiger partial charge on any atom is -0.352 e. The molecule has 0 radical (unpaired) electrons. The van der Waals surface area contributed by atoms with E-state index >= 15 is 0 Å². The lowest BCUT2D eigenvalue weighted by Crippen LogP contribution is -2.30. The van der Waals surface area contributed by atoms with Gasteiger partial charge in [-0.15, -0.1) is 18.3 Å². The van der Waals surface area contributed by atoms with E-state index in [0.717, 1.165) is 4.90 Å². The van der Waals surface area contributed by atoms with Gasteiger partial charge in [0, 0.05) is 11.4 Å². The Hall–Kier alpha value is -1.22. The summed E-state index contributed by atoms with van der Waals surface area (Å²) in [6.45, 7) is 8.05. The van der Waals surface area contributed by atoms with E-state index in [4.69, 9.17) is 0 Å². The quantitative estimate of drug-likeness (QED) is 0.628. The standard InChI is InChI=1S/C13H17NOS/c1-4-8-14-13(15)11(3)16-12-7-5-6-10(2)9-12/h4-7,9,11H,1,8H2,2-3H3,(H,14,15). The van der Waals surface area contributed by atoms with Gasteiger partial charge in [-0.25, -0.2) is 0 Å². The van der Waals surface area contributed by atoms with E-state index in [9.17, 15) is 4.79 Å². The fraction of sp³-hybridized carbons (Fsp3) is 0.308. The molecule has 0 saturated carbocycles. The maximum absolute atomic E-state index is 11.6. The van der Waals surface area contributed by atoms with Gasteiger partial charge >= 0.3 is 0 Å². The first-order chi connectivity index (χ1) is 7.63. The summed E-state index contributed by atoms with van der Waals surface area (Å²) in [4.78, 5) is 12.7. The Balaban J connectivity index is 2.53. The Morgan fingerprint density at radius 2 is 2.38 bits per heavy atom. The fourth-order valence-corrected chi connectivity index (χ4v) is 2.27.